The summed E-state index contributed by atoms with van der Waals surface area (Å²) >= 11 is 5.61. The van der Waals surface area contributed by atoms with Gasteiger partial charge >= 0.3 is 0 Å². The molecular weight excluding hydrogens is 218 g/mol. The van der Waals surface area contributed by atoms with Crippen molar-refractivity contribution in [1.29, 1.82) is 0 Å². The maximum atomic E-state index is 5.64. The van der Waals surface area contributed by atoms with E-state index in [-0.39, 0.29) is 5.95 Å². The third-order valence-electron chi connectivity index (χ3n) is 1.69. The van der Waals surface area contributed by atoms with Crippen molar-refractivity contribution in [3.8, 4) is 5.82 Å². The fraction of sp³-hybridized carbons (Fsp3) is 0.143. The lowest BCUT2D eigenvalue weighted by Gasteiger charge is -1.98. The summed E-state index contributed by atoms with van der Waals surface area (Å²) in [5, 5.41) is 14.6. The molecule has 7 nitrogen and oxygen atoms in total. The average molecular weight is 226 g/mol. The highest BCUT2D eigenvalue weighted by Gasteiger charge is 2.08. The Morgan fingerprint density at radius 1 is 1.40 bits per heavy atom. The summed E-state index contributed by atoms with van der Waals surface area (Å²) in [6, 6.07) is 3.25. The molecule has 2 heterocycles. The summed E-state index contributed by atoms with van der Waals surface area (Å²) in [5.41, 5.74) is 5.64. The molecule has 0 aliphatic carbocycles. The van der Waals surface area contributed by atoms with E-state index in [4.69, 9.17) is 17.3 Å². The van der Waals surface area contributed by atoms with Gasteiger partial charge in [-0.05, 0) is 12.1 Å². The number of anilines is 2. The number of nitrogens with zero attached hydrogens (tertiary/aromatic N) is 5. The predicted molar refractivity (Wildman–Crippen MR) is 55.9 cm³/mol. The van der Waals surface area contributed by atoms with Gasteiger partial charge in [-0.1, -0.05) is 11.6 Å². The van der Waals surface area contributed by atoms with Crippen LogP contribution < -0.4 is 11.1 Å². The Morgan fingerprint density at radius 3 is 2.73 bits per heavy atom. The quantitative estimate of drug-likeness (QED) is 0.765. The van der Waals surface area contributed by atoms with Gasteiger partial charge in [0.25, 0.3) is 0 Å². The van der Waals surface area contributed by atoms with Crippen molar-refractivity contribution in [3.63, 3.8) is 0 Å². The van der Waals surface area contributed by atoms with Gasteiger partial charge < -0.3 is 11.1 Å². The monoisotopic (exact) mass is 225 g/mol. The molecule has 0 spiro atoms. The lowest BCUT2D eigenvalue weighted by Crippen LogP contribution is -2.05. The lowest BCUT2D eigenvalue weighted by atomic mass is 10.5. The molecular formula is C7H8ClN7. The Kier molecular flexibility index (Phi) is 2.38. The molecule has 8 heteroatoms. The highest BCUT2D eigenvalue weighted by molar-refractivity contribution is 6.29. The zero-order chi connectivity index (χ0) is 10.8. The topological polar surface area (TPSA) is 94.5 Å². The molecule has 78 valence electrons. The summed E-state index contributed by atoms with van der Waals surface area (Å²) in [7, 11) is 1.70. The second-order valence-corrected chi connectivity index (χ2v) is 3.06. The fourth-order valence-corrected chi connectivity index (χ4v) is 1.12. The number of nitrogens with one attached hydrogen (secondary N) is 1. The normalized spacial score (nSPS) is 10.3. The molecule has 2 aromatic heterocycles. The number of halogens is 1. The Hall–Kier alpha value is -1.89. The maximum Gasteiger partial charge on any atom is 0.244 e. The molecule has 0 saturated carbocycles. The fourth-order valence-electron chi connectivity index (χ4n) is 1.02. The largest absolute Gasteiger partial charge is 0.368 e. The van der Waals surface area contributed by atoms with Crippen LogP contribution in [0.25, 0.3) is 5.82 Å². The van der Waals surface area contributed by atoms with E-state index in [1.54, 1.807) is 19.2 Å². The molecule has 2 aromatic rings. The van der Waals surface area contributed by atoms with Crippen LogP contribution in [-0.4, -0.2) is 32.0 Å². The molecule has 0 aliphatic rings. The molecule has 2 rings (SSSR count). The van der Waals surface area contributed by atoms with Crippen LogP contribution in [0.3, 0.4) is 0 Å². The smallest absolute Gasteiger partial charge is 0.244 e. The molecule has 0 saturated heterocycles. The maximum absolute atomic E-state index is 5.64. The molecule has 0 aliphatic heterocycles. The Bertz CT molecular complexity index is 463. The minimum atomic E-state index is 0.232. The second-order valence-electron chi connectivity index (χ2n) is 2.67. The van der Waals surface area contributed by atoms with Gasteiger partial charge in [0.1, 0.15) is 0 Å². The zero-order valence-corrected chi connectivity index (χ0v) is 8.60. The van der Waals surface area contributed by atoms with Crippen molar-refractivity contribution in [2.45, 2.75) is 0 Å². The van der Waals surface area contributed by atoms with Gasteiger partial charge in [0.2, 0.25) is 11.9 Å². The van der Waals surface area contributed by atoms with E-state index in [0.717, 1.165) is 0 Å². The number of nitrogen functional groups attached to an aromatic ring is 1. The summed E-state index contributed by atoms with van der Waals surface area (Å²) in [4.78, 5) is 3.95. The molecule has 0 bridgehead atoms. The van der Waals surface area contributed by atoms with Crippen molar-refractivity contribution in [2.24, 2.45) is 0 Å². The standard InChI is InChI=1S/C7H8ClN7/c1-10-7-11-6(9)15(14-7)5-3-2-4(8)12-13-5/h2-3H,1H3,(H3,9,10,11,14). The van der Waals surface area contributed by atoms with Crippen LogP contribution in [0.5, 0.6) is 0 Å². The van der Waals surface area contributed by atoms with E-state index in [1.165, 1.54) is 4.68 Å². The van der Waals surface area contributed by atoms with Crippen molar-refractivity contribution in [1.82, 2.24) is 25.0 Å². The van der Waals surface area contributed by atoms with Crippen molar-refractivity contribution < 1.29 is 0 Å². The third kappa shape index (κ3) is 1.82. The molecule has 0 fully saturated rings. The average Bonchev–Trinajstić information content (AvgIpc) is 2.61. The van der Waals surface area contributed by atoms with E-state index >= 15 is 0 Å². The first-order chi connectivity index (χ1) is 7.20. The lowest BCUT2D eigenvalue weighted by molar-refractivity contribution is 0.824. The van der Waals surface area contributed by atoms with E-state index in [1.807, 2.05) is 0 Å². The first kappa shape index (κ1) is 9.66. The number of hydrogen-bond donors (Lipinski definition) is 2. The molecule has 0 atom stereocenters. The van der Waals surface area contributed by atoms with Gasteiger partial charge in [-0.2, -0.15) is 9.67 Å². The van der Waals surface area contributed by atoms with Crippen molar-refractivity contribution in [2.75, 3.05) is 18.1 Å². The summed E-state index contributed by atoms with van der Waals surface area (Å²) in [5.74, 6) is 1.12. The minimum absolute atomic E-state index is 0.232. The molecule has 0 radical (unpaired) electrons. The van der Waals surface area contributed by atoms with E-state index < -0.39 is 0 Å². The zero-order valence-electron chi connectivity index (χ0n) is 7.85. The molecule has 15 heavy (non-hydrogen) atoms. The van der Waals surface area contributed by atoms with Crippen LogP contribution in [0.4, 0.5) is 11.9 Å². The van der Waals surface area contributed by atoms with Crippen molar-refractivity contribution >= 4 is 23.5 Å². The molecule has 0 aromatic carbocycles. The van der Waals surface area contributed by atoms with E-state index in [0.29, 0.717) is 16.9 Å². The number of rotatable bonds is 2. The highest BCUT2D eigenvalue weighted by atomic mass is 35.5. The SMILES string of the molecule is CNc1nc(N)n(-c2ccc(Cl)nn2)n1. The van der Waals surface area contributed by atoms with Crippen LogP contribution in [0, 0.1) is 0 Å². The van der Waals surface area contributed by atoms with E-state index in [2.05, 4.69) is 25.6 Å². The first-order valence-corrected chi connectivity index (χ1v) is 4.48. The Balaban J connectivity index is 2.44. The van der Waals surface area contributed by atoms with Crippen LogP contribution in [0.2, 0.25) is 5.15 Å². The van der Waals surface area contributed by atoms with Crippen molar-refractivity contribution in [3.05, 3.63) is 17.3 Å². The highest BCUT2D eigenvalue weighted by Crippen LogP contribution is 2.11. The minimum Gasteiger partial charge on any atom is -0.368 e. The Morgan fingerprint density at radius 2 is 2.20 bits per heavy atom. The number of nitrogens with two attached hydrogens (primary N) is 1. The predicted octanol–water partition coefficient (Wildman–Crippen LogP) is 0.335. The van der Waals surface area contributed by atoms with Crippen LogP contribution in [-0.2, 0) is 0 Å². The summed E-state index contributed by atoms with van der Waals surface area (Å²) in [6.45, 7) is 0. The third-order valence-corrected chi connectivity index (χ3v) is 1.89. The van der Waals surface area contributed by atoms with Crippen LogP contribution in [0.1, 0.15) is 0 Å². The van der Waals surface area contributed by atoms with Gasteiger partial charge in [0.05, 0.1) is 0 Å². The number of hydrogen-bond acceptors (Lipinski definition) is 6. The van der Waals surface area contributed by atoms with E-state index in [9.17, 15) is 0 Å². The van der Waals surface area contributed by atoms with Gasteiger partial charge in [0.15, 0.2) is 11.0 Å². The number of aromatic nitrogens is 5. The molecule has 0 unspecified atom stereocenters. The Labute approximate surface area is 90.3 Å². The first-order valence-electron chi connectivity index (χ1n) is 4.10. The second kappa shape index (κ2) is 3.70. The van der Waals surface area contributed by atoms with Crippen LogP contribution in [0.15, 0.2) is 12.1 Å². The molecule has 0 amide bonds. The van der Waals surface area contributed by atoms with Gasteiger partial charge in [-0.25, -0.2) is 0 Å². The molecule has 3 N–H and O–H groups in total. The van der Waals surface area contributed by atoms with Gasteiger partial charge in [-0.3, -0.25) is 0 Å². The van der Waals surface area contributed by atoms with Gasteiger partial charge in [-0.15, -0.1) is 15.3 Å². The summed E-state index contributed by atoms with van der Waals surface area (Å²) < 4.78 is 1.37. The van der Waals surface area contributed by atoms with Gasteiger partial charge in [0, 0.05) is 7.05 Å². The van der Waals surface area contributed by atoms with Crippen LogP contribution >= 0.6 is 11.6 Å². The summed E-state index contributed by atoms with van der Waals surface area (Å²) in [6.07, 6.45) is 0.